The zero-order chi connectivity index (χ0) is 24.7. The van der Waals surface area contributed by atoms with E-state index in [1.165, 1.54) is 24.0 Å². The molecule has 5 aliphatic rings. The second-order valence-corrected chi connectivity index (χ2v) is 12.9. The van der Waals surface area contributed by atoms with Crippen LogP contribution >= 0.6 is 0 Å². The Hall–Kier alpha value is -1.60. The number of ether oxygens (including phenoxy) is 2. The van der Waals surface area contributed by atoms with Gasteiger partial charge in [0.25, 0.3) is 0 Å². The first-order chi connectivity index (χ1) is 17.4. The van der Waals surface area contributed by atoms with Crippen molar-refractivity contribution < 1.29 is 18.3 Å². The molecule has 2 aromatic heterocycles. The number of fused-ring (bicyclic) bond motifs is 6. The molecule has 7 heterocycles. The van der Waals surface area contributed by atoms with Crippen molar-refractivity contribution in [1.29, 1.82) is 0 Å². The van der Waals surface area contributed by atoms with Crippen LogP contribution in [-0.2, 0) is 9.47 Å². The summed E-state index contributed by atoms with van der Waals surface area (Å²) in [7, 11) is 0. The molecule has 36 heavy (non-hydrogen) atoms. The summed E-state index contributed by atoms with van der Waals surface area (Å²) in [4.78, 5) is 5.39. The molecule has 0 amide bonds. The van der Waals surface area contributed by atoms with Crippen LogP contribution < -0.4 is 0 Å². The van der Waals surface area contributed by atoms with E-state index < -0.39 is 0 Å². The summed E-state index contributed by atoms with van der Waals surface area (Å²) in [6.45, 7) is 9.50. The van der Waals surface area contributed by atoms with Crippen molar-refractivity contribution in [1.82, 2.24) is 9.80 Å². The summed E-state index contributed by atoms with van der Waals surface area (Å²) in [5, 5.41) is 0. The fourth-order valence-corrected chi connectivity index (χ4v) is 8.58. The minimum Gasteiger partial charge on any atom is -0.472 e. The highest BCUT2D eigenvalue weighted by Gasteiger charge is 2.63. The molecule has 0 N–H and O–H groups in total. The van der Waals surface area contributed by atoms with Crippen molar-refractivity contribution in [2.45, 2.75) is 127 Å². The van der Waals surface area contributed by atoms with Gasteiger partial charge in [-0.1, -0.05) is 13.8 Å². The Kier molecular flexibility index (Phi) is 5.52. The lowest BCUT2D eigenvalue weighted by molar-refractivity contribution is -0.402. The van der Waals surface area contributed by atoms with E-state index in [9.17, 15) is 0 Å². The number of furan rings is 2. The van der Waals surface area contributed by atoms with Gasteiger partial charge in [-0.05, 0) is 89.2 Å². The van der Waals surface area contributed by atoms with Crippen molar-refractivity contribution in [2.24, 2.45) is 11.8 Å². The third-order valence-electron chi connectivity index (χ3n) is 10.7. The minimum atomic E-state index is -0.344. The molecule has 7 rings (SSSR count). The molecule has 0 radical (unpaired) electrons. The monoisotopic (exact) mass is 494 g/mol. The third-order valence-corrected chi connectivity index (χ3v) is 10.7. The lowest BCUT2D eigenvalue weighted by Crippen LogP contribution is -2.76. The van der Waals surface area contributed by atoms with E-state index in [1.54, 1.807) is 0 Å². The maximum atomic E-state index is 7.39. The Morgan fingerprint density at radius 1 is 0.667 bits per heavy atom. The van der Waals surface area contributed by atoms with E-state index in [1.807, 2.05) is 25.1 Å². The molecular weight excluding hydrogens is 452 g/mol. The van der Waals surface area contributed by atoms with Crippen LogP contribution in [0.3, 0.4) is 0 Å². The van der Waals surface area contributed by atoms with Crippen molar-refractivity contribution in [3.05, 3.63) is 48.3 Å². The second-order valence-electron chi connectivity index (χ2n) is 12.9. The summed E-state index contributed by atoms with van der Waals surface area (Å²) in [5.41, 5.74) is 1.87. The van der Waals surface area contributed by atoms with Gasteiger partial charge in [0.05, 0.1) is 25.1 Å². The lowest BCUT2D eigenvalue weighted by atomic mass is 9.72. The minimum absolute atomic E-state index is 0.0497. The molecule has 0 saturated carbocycles. The average molecular weight is 495 g/mol. The highest BCUT2D eigenvalue weighted by molar-refractivity contribution is 5.19. The lowest BCUT2D eigenvalue weighted by Gasteiger charge is -2.67. The maximum absolute atomic E-state index is 7.39. The fraction of sp³-hybridized carbons (Fsp3) is 0.733. The van der Waals surface area contributed by atoms with Gasteiger partial charge in [0, 0.05) is 35.3 Å². The standard InChI is InChI=1S/C30H42N2O4/c1-19-5-7-25(21-11-15-33-17-21)31-23(19)9-13-29(3)27(31)35-30(4)14-10-24-20(2)6-8-26(22-12-16-34-18-22)32(24)28(30)36-29/h11-12,15-20,23-28H,5-10,13-14H2,1-4H3/t19-,20-,23-,24+,25+,26+,27-,28+,29-,30+/m1/s1. The molecule has 5 aliphatic heterocycles. The predicted octanol–water partition coefficient (Wildman–Crippen LogP) is 6.66. The van der Waals surface area contributed by atoms with Gasteiger partial charge in [0.2, 0.25) is 0 Å². The maximum Gasteiger partial charge on any atom is 0.141 e. The van der Waals surface area contributed by atoms with Gasteiger partial charge in [-0.25, -0.2) is 0 Å². The van der Waals surface area contributed by atoms with Gasteiger partial charge >= 0.3 is 0 Å². The quantitative estimate of drug-likeness (QED) is 0.465. The molecule has 2 aromatic rings. The second kappa shape index (κ2) is 8.45. The first kappa shape index (κ1) is 23.5. The number of hydrogen-bond acceptors (Lipinski definition) is 6. The molecule has 5 fully saturated rings. The smallest absolute Gasteiger partial charge is 0.141 e. The van der Waals surface area contributed by atoms with Crippen molar-refractivity contribution >= 4 is 0 Å². The van der Waals surface area contributed by atoms with Crippen LogP contribution in [0.15, 0.2) is 46.0 Å². The van der Waals surface area contributed by atoms with Crippen LogP contribution in [0, 0.1) is 11.8 Å². The summed E-state index contributed by atoms with van der Waals surface area (Å²) in [6.07, 6.45) is 16.6. The molecular formula is C30H42N2O4. The third kappa shape index (κ3) is 3.44. The number of nitrogens with zero attached hydrogens (tertiary/aromatic N) is 2. The molecule has 10 atom stereocenters. The Bertz CT molecular complexity index is 971. The van der Waals surface area contributed by atoms with Gasteiger partial charge in [0.15, 0.2) is 0 Å². The van der Waals surface area contributed by atoms with Gasteiger partial charge in [-0.15, -0.1) is 0 Å². The number of rotatable bonds is 2. The van der Waals surface area contributed by atoms with Crippen LogP contribution in [0.2, 0.25) is 0 Å². The summed E-state index contributed by atoms with van der Waals surface area (Å²) < 4.78 is 25.9. The normalized spacial score (nSPS) is 47.4. The molecule has 6 heteroatoms. The Balaban J connectivity index is 1.26. The molecule has 0 unspecified atom stereocenters. The summed E-state index contributed by atoms with van der Waals surface area (Å²) in [6, 6.07) is 5.98. The van der Waals surface area contributed by atoms with Crippen LogP contribution in [0.4, 0.5) is 0 Å². The van der Waals surface area contributed by atoms with E-state index >= 15 is 0 Å². The molecule has 0 aromatic carbocycles. The van der Waals surface area contributed by atoms with E-state index in [0.29, 0.717) is 36.0 Å². The fourth-order valence-electron chi connectivity index (χ4n) is 8.58. The molecule has 196 valence electrons. The summed E-state index contributed by atoms with van der Waals surface area (Å²) in [5.74, 6) is 1.33. The molecule has 5 saturated heterocycles. The van der Waals surface area contributed by atoms with Crippen molar-refractivity contribution in [2.75, 3.05) is 0 Å². The zero-order valence-corrected chi connectivity index (χ0v) is 22.3. The van der Waals surface area contributed by atoms with Gasteiger partial charge in [0.1, 0.15) is 23.7 Å². The largest absolute Gasteiger partial charge is 0.472 e. The zero-order valence-electron chi connectivity index (χ0n) is 22.3. The van der Waals surface area contributed by atoms with E-state index in [0.717, 1.165) is 38.5 Å². The van der Waals surface area contributed by atoms with Gasteiger partial charge in [-0.2, -0.15) is 0 Å². The molecule has 0 spiro atoms. The molecule has 0 aliphatic carbocycles. The highest BCUT2D eigenvalue weighted by Crippen LogP contribution is 2.56. The SMILES string of the molecule is C[C@@H]1CC[C@@H](c2ccoc2)N2[C@@H]1CC[C@@]1(C)O[C@@H]3N4[C@H](c5ccoc5)CC[C@@H](C)[C@@H]4CC[C@]3(C)O[C@@H]21. The number of hydrogen-bond donors (Lipinski definition) is 0. The number of piperidine rings is 4. The van der Waals surface area contributed by atoms with Gasteiger partial charge in [-0.3, -0.25) is 9.80 Å². The van der Waals surface area contributed by atoms with Crippen LogP contribution in [0.1, 0.15) is 102 Å². The molecule has 6 nitrogen and oxygen atoms in total. The first-order valence-corrected chi connectivity index (χ1v) is 14.3. The van der Waals surface area contributed by atoms with E-state index in [2.05, 4.69) is 49.6 Å². The van der Waals surface area contributed by atoms with E-state index in [-0.39, 0.29) is 23.7 Å². The van der Waals surface area contributed by atoms with Crippen LogP contribution in [-0.4, -0.2) is 45.5 Å². The Labute approximate surface area is 215 Å². The van der Waals surface area contributed by atoms with Crippen LogP contribution in [0.5, 0.6) is 0 Å². The highest BCUT2D eigenvalue weighted by atomic mass is 16.6. The summed E-state index contributed by atoms with van der Waals surface area (Å²) >= 11 is 0. The topological polar surface area (TPSA) is 51.2 Å². The first-order valence-electron chi connectivity index (χ1n) is 14.3. The van der Waals surface area contributed by atoms with Crippen LogP contribution in [0.25, 0.3) is 0 Å². The van der Waals surface area contributed by atoms with Crippen molar-refractivity contribution in [3.63, 3.8) is 0 Å². The predicted molar refractivity (Wildman–Crippen MR) is 136 cm³/mol. The van der Waals surface area contributed by atoms with Gasteiger partial charge < -0.3 is 18.3 Å². The van der Waals surface area contributed by atoms with Crippen molar-refractivity contribution in [3.8, 4) is 0 Å². The molecule has 0 bridgehead atoms. The average Bonchev–Trinajstić information content (AvgIpc) is 3.58. The van der Waals surface area contributed by atoms with E-state index in [4.69, 9.17) is 18.3 Å². The Morgan fingerprint density at radius 2 is 1.11 bits per heavy atom. The Morgan fingerprint density at radius 3 is 1.50 bits per heavy atom.